The van der Waals surface area contributed by atoms with Crippen LogP contribution in [-0.4, -0.2) is 10.9 Å². The molecule has 1 amide bonds. The molecular formula is C18H20N2OS. The zero-order valence-corrected chi connectivity index (χ0v) is 13.5. The molecule has 1 fully saturated rings. The Bertz CT molecular complexity index is 694. The van der Waals surface area contributed by atoms with Crippen molar-refractivity contribution in [1.82, 2.24) is 4.98 Å². The van der Waals surface area contributed by atoms with Gasteiger partial charge in [-0.1, -0.05) is 37.3 Å². The van der Waals surface area contributed by atoms with Crippen LogP contribution < -0.4 is 5.32 Å². The molecule has 0 aliphatic heterocycles. The molecule has 3 unspecified atom stereocenters. The number of carbonyl (C=O) groups excluding carboxylic acids is 1. The van der Waals surface area contributed by atoms with Gasteiger partial charge in [0, 0.05) is 10.8 Å². The fourth-order valence-corrected chi connectivity index (χ4v) is 4.41. The number of anilines is 1. The van der Waals surface area contributed by atoms with Crippen LogP contribution in [0.3, 0.4) is 0 Å². The van der Waals surface area contributed by atoms with E-state index >= 15 is 0 Å². The van der Waals surface area contributed by atoms with Crippen LogP contribution in [0.25, 0.3) is 0 Å². The van der Waals surface area contributed by atoms with Crippen LogP contribution in [0.5, 0.6) is 0 Å². The molecule has 1 N–H and O–H groups in total. The number of aryl methyl sites for hydroxylation is 1. The minimum absolute atomic E-state index is 0.151. The highest BCUT2D eigenvalue weighted by Gasteiger charge is 2.39. The maximum Gasteiger partial charge on any atom is 0.229 e. The highest BCUT2D eigenvalue weighted by Crippen LogP contribution is 2.40. The number of nitrogens with one attached hydrogen (secondary N) is 1. The second-order valence-corrected chi connectivity index (χ2v) is 7.63. The Balaban J connectivity index is 1.47. The van der Waals surface area contributed by atoms with E-state index in [2.05, 4.69) is 47.6 Å². The third kappa shape index (κ3) is 2.68. The Morgan fingerprint density at radius 2 is 2.09 bits per heavy atom. The number of hydrogen-bond donors (Lipinski definition) is 1. The van der Waals surface area contributed by atoms with E-state index in [4.69, 9.17) is 0 Å². The largest absolute Gasteiger partial charge is 0.302 e. The molecule has 2 aliphatic carbocycles. The van der Waals surface area contributed by atoms with Crippen LogP contribution in [0.2, 0.25) is 0 Å². The number of hydrogen-bond acceptors (Lipinski definition) is 3. The zero-order valence-electron chi connectivity index (χ0n) is 12.7. The lowest BCUT2D eigenvalue weighted by atomic mass is 9.85. The highest BCUT2D eigenvalue weighted by atomic mass is 32.1. The average molecular weight is 312 g/mol. The van der Waals surface area contributed by atoms with Gasteiger partial charge >= 0.3 is 0 Å². The Labute approximate surface area is 134 Å². The molecule has 1 aromatic heterocycles. The minimum Gasteiger partial charge on any atom is -0.302 e. The number of aromatic nitrogens is 1. The molecule has 3 nitrogen and oxygen atoms in total. The van der Waals surface area contributed by atoms with Crippen LogP contribution in [0, 0.1) is 11.8 Å². The van der Waals surface area contributed by atoms with Crippen LogP contribution in [0.15, 0.2) is 30.3 Å². The second kappa shape index (κ2) is 5.51. The predicted molar refractivity (Wildman–Crippen MR) is 89.2 cm³/mol. The van der Waals surface area contributed by atoms with Crippen molar-refractivity contribution in [2.45, 2.75) is 38.5 Å². The second-order valence-electron chi connectivity index (χ2n) is 6.55. The van der Waals surface area contributed by atoms with Crippen molar-refractivity contribution in [3.05, 3.63) is 46.5 Å². The zero-order chi connectivity index (χ0) is 15.1. The number of benzene rings is 1. The minimum atomic E-state index is 0.151. The fraction of sp³-hybridized carbons (Fsp3) is 0.444. The van der Waals surface area contributed by atoms with E-state index in [0.29, 0.717) is 11.8 Å². The van der Waals surface area contributed by atoms with Crippen molar-refractivity contribution in [3.63, 3.8) is 0 Å². The molecule has 2 aliphatic rings. The van der Waals surface area contributed by atoms with Gasteiger partial charge in [-0.3, -0.25) is 4.79 Å². The Morgan fingerprint density at radius 1 is 1.32 bits per heavy atom. The summed E-state index contributed by atoms with van der Waals surface area (Å²) in [5.41, 5.74) is 2.61. The summed E-state index contributed by atoms with van der Waals surface area (Å²) in [5, 5.41) is 3.81. The third-order valence-electron chi connectivity index (χ3n) is 4.89. The van der Waals surface area contributed by atoms with Gasteiger partial charge in [0.1, 0.15) is 0 Å². The van der Waals surface area contributed by atoms with Gasteiger partial charge in [-0.25, -0.2) is 4.98 Å². The molecule has 0 spiro atoms. The van der Waals surface area contributed by atoms with Crippen molar-refractivity contribution in [1.29, 1.82) is 0 Å². The van der Waals surface area contributed by atoms with Gasteiger partial charge in [-0.05, 0) is 43.1 Å². The lowest BCUT2D eigenvalue weighted by Gasteiger charge is -2.21. The molecule has 3 atom stereocenters. The predicted octanol–water partition coefficient (Wildman–Crippen LogP) is 4.01. The van der Waals surface area contributed by atoms with E-state index in [1.807, 2.05) is 0 Å². The third-order valence-corrected chi connectivity index (χ3v) is 5.92. The first-order chi connectivity index (χ1) is 10.7. The first-order valence-corrected chi connectivity index (χ1v) is 8.86. The SMILES string of the molecule is CC1CC1C(=O)Nc1nc2c(s1)CC(c1ccccc1)CC2. The first kappa shape index (κ1) is 13.9. The van der Waals surface area contributed by atoms with Crippen molar-refractivity contribution in [2.75, 3.05) is 5.32 Å². The van der Waals surface area contributed by atoms with E-state index in [-0.39, 0.29) is 11.8 Å². The molecule has 0 radical (unpaired) electrons. The monoisotopic (exact) mass is 312 g/mol. The number of thiazole rings is 1. The summed E-state index contributed by atoms with van der Waals surface area (Å²) in [6.45, 7) is 2.13. The molecular weight excluding hydrogens is 292 g/mol. The van der Waals surface area contributed by atoms with E-state index in [0.717, 1.165) is 30.8 Å². The molecule has 114 valence electrons. The summed E-state index contributed by atoms with van der Waals surface area (Å²) < 4.78 is 0. The van der Waals surface area contributed by atoms with Crippen molar-refractivity contribution >= 4 is 22.4 Å². The molecule has 4 rings (SSSR count). The van der Waals surface area contributed by atoms with Gasteiger partial charge in [-0.15, -0.1) is 11.3 Å². The lowest BCUT2D eigenvalue weighted by molar-refractivity contribution is -0.117. The maximum atomic E-state index is 12.0. The summed E-state index contributed by atoms with van der Waals surface area (Å²) in [7, 11) is 0. The van der Waals surface area contributed by atoms with Crippen molar-refractivity contribution in [2.24, 2.45) is 11.8 Å². The molecule has 1 saturated carbocycles. The number of rotatable bonds is 3. The smallest absolute Gasteiger partial charge is 0.229 e. The molecule has 1 aromatic carbocycles. The topological polar surface area (TPSA) is 42.0 Å². The number of amides is 1. The van der Waals surface area contributed by atoms with Gasteiger partial charge in [0.25, 0.3) is 0 Å². The Morgan fingerprint density at radius 3 is 2.82 bits per heavy atom. The van der Waals surface area contributed by atoms with Crippen molar-refractivity contribution < 1.29 is 4.79 Å². The summed E-state index contributed by atoms with van der Waals surface area (Å²) in [6, 6.07) is 10.7. The number of fused-ring (bicyclic) bond motifs is 1. The molecule has 1 heterocycles. The summed E-state index contributed by atoms with van der Waals surface area (Å²) in [4.78, 5) is 18.0. The Kier molecular flexibility index (Phi) is 3.49. The quantitative estimate of drug-likeness (QED) is 0.930. The van der Waals surface area contributed by atoms with Gasteiger partial charge in [-0.2, -0.15) is 0 Å². The molecule has 4 heteroatoms. The van der Waals surface area contributed by atoms with Gasteiger partial charge in [0.15, 0.2) is 5.13 Å². The average Bonchev–Trinajstić information content (AvgIpc) is 3.13. The highest BCUT2D eigenvalue weighted by molar-refractivity contribution is 7.15. The standard InChI is InChI=1S/C18H20N2OS/c1-11-9-14(11)17(21)20-18-19-15-8-7-13(10-16(15)22-18)12-5-3-2-4-6-12/h2-6,11,13-14H,7-10H2,1H3,(H,19,20,21). The van der Waals surface area contributed by atoms with E-state index in [9.17, 15) is 4.79 Å². The van der Waals surface area contributed by atoms with Crippen LogP contribution >= 0.6 is 11.3 Å². The molecule has 2 aromatic rings. The van der Waals surface area contributed by atoms with Gasteiger partial charge < -0.3 is 5.32 Å². The Hall–Kier alpha value is -1.68. The van der Waals surface area contributed by atoms with E-state index in [1.165, 1.54) is 16.1 Å². The van der Waals surface area contributed by atoms with E-state index < -0.39 is 0 Å². The fourth-order valence-electron chi connectivity index (χ4n) is 3.32. The number of nitrogens with zero attached hydrogens (tertiary/aromatic N) is 1. The van der Waals surface area contributed by atoms with Gasteiger partial charge in [0.05, 0.1) is 5.69 Å². The summed E-state index contributed by atoms with van der Waals surface area (Å²) >= 11 is 1.67. The molecule has 0 bridgehead atoms. The summed E-state index contributed by atoms with van der Waals surface area (Å²) in [5.74, 6) is 1.48. The van der Waals surface area contributed by atoms with Crippen molar-refractivity contribution in [3.8, 4) is 0 Å². The normalized spacial score (nSPS) is 26.3. The maximum absolute atomic E-state index is 12.0. The summed E-state index contributed by atoms with van der Waals surface area (Å²) in [6.07, 6.45) is 4.23. The van der Waals surface area contributed by atoms with Crippen LogP contribution in [-0.2, 0) is 17.6 Å². The van der Waals surface area contributed by atoms with Gasteiger partial charge in [0.2, 0.25) is 5.91 Å². The molecule has 0 saturated heterocycles. The number of carbonyl (C=O) groups is 1. The molecule has 22 heavy (non-hydrogen) atoms. The van der Waals surface area contributed by atoms with Crippen LogP contribution in [0.1, 0.15) is 41.8 Å². The first-order valence-electron chi connectivity index (χ1n) is 8.05. The van der Waals surface area contributed by atoms with Crippen LogP contribution in [0.4, 0.5) is 5.13 Å². The lowest BCUT2D eigenvalue weighted by Crippen LogP contribution is -2.14. The van der Waals surface area contributed by atoms with E-state index in [1.54, 1.807) is 11.3 Å².